The van der Waals surface area contributed by atoms with Crippen molar-refractivity contribution in [3.63, 3.8) is 0 Å². The Kier molecular flexibility index (Phi) is 3.79. The van der Waals surface area contributed by atoms with Crippen LogP contribution in [0, 0.1) is 0 Å². The third kappa shape index (κ3) is 2.72. The Morgan fingerprint density at radius 3 is 2.95 bits per heavy atom. The van der Waals surface area contributed by atoms with E-state index in [1.807, 2.05) is 18.2 Å². The second kappa shape index (κ2) is 5.59. The van der Waals surface area contributed by atoms with Gasteiger partial charge >= 0.3 is 0 Å². The van der Waals surface area contributed by atoms with Crippen molar-refractivity contribution in [3.8, 4) is 5.75 Å². The lowest BCUT2D eigenvalue weighted by Crippen LogP contribution is -2.54. The van der Waals surface area contributed by atoms with Gasteiger partial charge in [0, 0.05) is 13.2 Å². The van der Waals surface area contributed by atoms with Gasteiger partial charge in [-0.05, 0) is 25.0 Å². The molecule has 112 valence electrons. The zero-order valence-corrected chi connectivity index (χ0v) is 12.5. The molecule has 1 aliphatic heterocycles. The number of thiazole rings is 1. The lowest BCUT2D eigenvalue weighted by atomic mass is 9.90. The van der Waals surface area contributed by atoms with Gasteiger partial charge in [0.15, 0.2) is 5.13 Å². The summed E-state index contributed by atoms with van der Waals surface area (Å²) >= 11 is 1.41. The maximum absolute atomic E-state index is 12.4. The lowest BCUT2D eigenvalue weighted by Gasteiger charge is -2.31. The first kappa shape index (κ1) is 14.2. The van der Waals surface area contributed by atoms with E-state index >= 15 is 0 Å². The highest BCUT2D eigenvalue weighted by Crippen LogP contribution is 2.32. The molecule has 1 aromatic heterocycles. The van der Waals surface area contributed by atoms with Gasteiger partial charge in [-0.25, -0.2) is 4.98 Å². The number of hydrogen-bond donors (Lipinski definition) is 2. The molecule has 7 heteroatoms. The van der Waals surface area contributed by atoms with Gasteiger partial charge in [-0.15, -0.1) is 0 Å². The highest BCUT2D eigenvalue weighted by molar-refractivity contribution is 7.22. The van der Waals surface area contributed by atoms with Crippen molar-refractivity contribution in [2.75, 3.05) is 25.6 Å². The van der Waals surface area contributed by atoms with Crippen LogP contribution in [0.1, 0.15) is 12.8 Å². The number of para-hydroxylation sites is 1. The van der Waals surface area contributed by atoms with Crippen molar-refractivity contribution in [1.82, 2.24) is 4.98 Å². The number of carbonyl (C=O) groups excluding carboxylic acids is 1. The molecule has 2 aromatic rings. The average Bonchev–Trinajstić information content (AvgIpc) is 2.90. The number of aromatic nitrogens is 1. The Morgan fingerprint density at radius 1 is 1.48 bits per heavy atom. The Bertz CT molecular complexity index is 665. The minimum absolute atomic E-state index is 0.205. The van der Waals surface area contributed by atoms with Crippen LogP contribution in [-0.2, 0) is 9.53 Å². The Labute approximate surface area is 126 Å². The van der Waals surface area contributed by atoms with Crippen LogP contribution >= 0.6 is 11.3 Å². The van der Waals surface area contributed by atoms with E-state index in [0.29, 0.717) is 36.9 Å². The maximum Gasteiger partial charge on any atom is 0.246 e. The monoisotopic (exact) mass is 307 g/mol. The highest BCUT2D eigenvalue weighted by Gasteiger charge is 2.36. The summed E-state index contributed by atoms with van der Waals surface area (Å²) in [5.74, 6) is 0.488. The van der Waals surface area contributed by atoms with Crippen molar-refractivity contribution in [2.45, 2.75) is 18.4 Å². The van der Waals surface area contributed by atoms with Gasteiger partial charge in [-0.1, -0.05) is 17.4 Å². The smallest absolute Gasteiger partial charge is 0.246 e. The van der Waals surface area contributed by atoms with Crippen LogP contribution in [0.3, 0.4) is 0 Å². The molecular formula is C14H17N3O3S. The molecule has 0 saturated carbocycles. The van der Waals surface area contributed by atoms with E-state index < -0.39 is 5.54 Å². The number of nitrogens with zero attached hydrogens (tertiary/aromatic N) is 1. The molecule has 1 amide bonds. The van der Waals surface area contributed by atoms with Crippen LogP contribution in [0.2, 0.25) is 0 Å². The van der Waals surface area contributed by atoms with Crippen LogP contribution in [0.15, 0.2) is 18.2 Å². The molecule has 1 aromatic carbocycles. The van der Waals surface area contributed by atoms with Gasteiger partial charge in [0.2, 0.25) is 5.91 Å². The fraction of sp³-hybridized carbons (Fsp3) is 0.429. The van der Waals surface area contributed by atoms with E-state index in [4.69, 9.17) is 15.2 Å². The molecule has 6 nitrogen and oxygen atoms in total. The number of nitrogens with two attached hydrogens (primary N) is 1. The SMILES string of the molecule is COc1cccc2sc(NC(=O)C3(N)CCOCC3)nc12. The number of anilines is 1. The molecule has 0 aliphatic carbocycles. The normalized spacial score (nSPS) is 17.6. The van der Waals surface area contributed by atoms with E-state index in [1.54, 1.807) is 7.11 Å². The molecule has 0 bridgehead atoms. The zero-order chi connectivity index (χ0) is 14.9. The second-order valence-electron chi connectivity index (χ2n) is 5.05. The van der Waals surface area contributed by atoms with E-state index in [0.717, 1.165) is 10.2 Å². The van der Waals surface area contributed by atoms with Crippen LogP contribution in [0.5, 0.6) is 5.75 Å². The van der Waals surface area contributed by atoms with Crippen molar-refractivity contribution in [1.29, 1.82) is 0 Å². The number of ether oxygens (including phenoxy) is 2. The molecule has 3 rings (SSSR count). The Morgan fingerprint density at radius 2 is 2.24 bits per heavy atom. The number of methoxy groups -OCH3 is 1. The van der Waals surface area contributed by atoms with Crippen LogP contribution in [0.25, 0.3) is 10.2 Å². The fourth-order valence-electron chi connectivity index (χ4n) is 2.33. The van der Waals surface area contributed by atoms with Gasteiger partial charge in [0.25, 0.3) is 0 Å². The summed E-state index contributed by atoms with van der Waals surface area (Å²) in [4.78, 5) is 16.8. The molecular weight excluding hydrogens is 290 g/mol. The predicted molar refractivity (Wildman–Crippen MR) is 81.8 cm³/mol. The summed E-state index contributed by atoms with van der Waals surface area (Å²) in [5.41, 5.74) is 6.03. The summed E-state index contributed by atoms with van der Waals surface area (Å²) in [5, 5.41) is 3.36. The Balaban J connectivity index is 1.83. The number of rotatable bonds is 3. The first-order valence-electron chi connectivity index (χ1n) is 6.74. The van der Waals surface area contributed by atoms with Crippen molar-refractivity contribution < 1.29 is 14.3 Å². The van der Waals surface area contributed by atoms with Gasteiger partial charge in [-0.3, -0.25) is 4.79 Å². The van der Waals surface area contributed by atoms with E-state index in [1.165, 1.54) is 11.3 Å². The third-order valence-electron chi connectivity index (χ3n) is 3.66. The first-order chi connectivity index (χ1) is 10.1. The highest BCUT2D eigenvalue weighted by atomic mass is 32.1. The summed E-state index contributed by atoms with van der Waals surface area (Å²) < 4.78 is 11.5. The predicted octanol–water partition coefficient (Wildman–Crippen LogP) is 1.75. The van der Waals surface area contributed by atoms with Gasteiger partial charge < -0.3 is 20.5 Å². The van der Waals surface area contributed by atoms with Crippen LogP contribution in [-0.4, -0.2) is 36.8 Å². The van der Waals surface area contributed by atoms with Gasteiger partial charge in [0.1, 0.15) is 16.8 Å². The number of fused-ring (bicyclic) bond motifs is 1. The van der Waals surface area contributed by atoms with E-state index in [2.05, 4.69) is 10.3 Å². The molecule has 1 fully saturated rings. The third-order valence-corrected chi connectivity index (χ3v) is 4.60. The van der Waals surface area contributed by atoms with Gasteiger partial charge in [0.05, 0.1) is 11.8 Å². The molecule has 0 unspecified atom stereocenters. The minimum Gasteiger partial charge on any atom is -0.494 e. The number of carbonyl (C=O) groups is 1. The first-order valence-corrected chi connectivity index (χ1v) is 7.56. The molecule has 1 aliphatic rings. The minimum atomic E-state index is -0.875. The number of nitrogens with one attached hydrogen (secondary N) is 1. The van der Waals surface area contributed by atoms with Crippen molar-refractivity contribution in [3.05, 3.63) is 18.2 Å². The Hall–Kier alpha value is -1.70. The molecule has 0 atom stereocenters. The maximum atomic E-state index is 12.4. The summed E-state index contributed by atoms with van der Waals surface area (Å²) in [6.07, 6.45) is 1.04. The van der Waals surface area contributed by atoms with Crippen molar-refractivity contribution in [2.24, 2.45) is 5.73 Å². The number of benzene rings is 1. The zero-order valence-electron chi connectivity index (χ0n) is 11.7. The van der Waals surface area contributed by atoms with Crippen LogP contribution < -0.4 is 15.8 Å². The fourth-order valence-corrected chi connectivity index (χ4v) is 3.20. The van der Waals surface area contributed by atoms with Crippen LogP contribution in [0.4, 0.5) is 5.13 Å². The van der Waals surface area contributed by atoms with E-state index in [9.17, 15) is 4.79 Å². The molecule has 0 radical (unpaired) electrons. The lowest BCUT2D eigenvalue weighted by molar-refractivity contribution is -0.124. The number of amides is 1. The van der Waals surface area contributed by atoms with E-state index in [-0.39, 0.29) is 5.91 Å². The molecule has 0 spiro atoms. The summed E-state index contributed by atoms with van der Waals surface area (Å²) in [6, 6.07) is 5.68. The van der Waals surface area contributed by atoms with Crippen molar-refractivity contribution >= 4 is 32.6 Å². The molecule has 1 saturated heterocycles. The topological polar surface area (TPSA) is 86.5 Å². The molecule has 3 N–H and O–H groups in total. The second-order valence-corrected chi connectivity index (χ2v) is 6.08. The average molecular weight is 307 g/mol. The summed E-state index contributed by atoms with van der Waals surface area (Å²) in [6.45, 7) is 1.02. The standard InChI is InChI=1S/C14H17N3O3S/c1-19-9-3-2-4-10-11(9)16-13(21-10)17-12(18)14(15)5-7-20-8-6-14/h2-4H,5-8,15H2,1H3,(H,16,17,18). The molecule has 21 heavy (non-hydrogen) atoms. The summed E-state index contributed by atoms with van der Waals surface area (Å²) in [7, 11) is 1.60. The largest absolute Gasteiger partial charge is 0.494 e. The molecule has 2 heterocycles. The number of hydrogen-bond acceptors (Lipinski definition) is 6. The van der Waals surface area contributed by atoms with Gasteiger partial charge in [-0.2, -0.15) is 0 Å². The quantitative estimate of drug-likeness (QED) is 0.902.